The van der Waals surface area contributed by atoms with Crippen molar-refractivity contribution in [2.75, 3.05) is 13.2 Å². The van der Waals surface area contributed by atoms with Gasteiger partial charge in [0, 0.05) is 6.20 Å². The van der Waals surface area contributed by atoms with E-state index in [9.17, 15) is 14.7 Å². The first-order chi connectivity index (χ1) is 10.6. The average molecular weight is 303 g/mol. The Bertz CT molecular complexity index is 578. The van der Waals surface area contributed by atoms with E-state index in [1.165, 1.54) is 0 Å². The summed E-state index contributed by atoms with van der Waals surface area (Å²) >= 11 is 0. The number of aliphatic hydroxyl groups excluding tert-OH is 1. The Balaban J connectivity index is 2.74. The normalized spacial score (nSPS) is 12.0. The standard InChI is InChI=1S/C15H17N3O4/c1-2-22-15(21)18-14(20)12(8-16)9-17-13(10-19)11-6-4-3-5-7-11/h3-7,9,13,17,19H,2,10H2,1H3,(H,18,20,21)/b12-9+/t13-/m1/s1. The minimum atomic E-state index is -0.921. The van der Waals surface area contributed by atoms with Gasteiger partial charge in [-0.05, 0) is 12.5 Å². The van der Waals surface area contributed by atoms with Crippen molar-refractivity contribution in [2.45, 2.75) is 13.0 Å². The number of alkyl carbamates (subject to hydrolysis) is 1. The van der Waals surface area contributed by atoms with Crippen molar-refractivity contribution in [3.05, 3.63) is 47.7 Å². The van der Waals surface area contributed by atoms with Crippen molar-refractivity contribution in [2.24, 2.45) is 0 Å². The lowest BCUT2D eigenvalue weighted by Crippen LogP contribution is -2.32. The molecule has 116 valence electrons. The van der Waals surface area contributed by atoms with Gasteiger partial charge in [0.15, 0.2) is 0 Å². The summed E-state index contributed by atoms with van der Waals surface area (Å²) in [5, 5.41) is 23.0. The van der Waals surface area contributed by atoms with Crippen LogP contribution >= 0.6 is 0 Å². The van der Waals surface area contributed by atoms with Crippen LogP contribution < -0.4 is 10.6 Å². The number of benzene rings is 1. The Kier molecular flexibility index (Phi) is 7.16. The molecule has 0 aliphatic heterocycles. The summed E-state index contributed by atoms with van der Waals surface area (Å²) < 4.78 is 4.56. The third-order valence-corrected chi connectivity index (χ3v) is 2.67. The van der Waals surface area contributed by atoms with E-state index in [4.69, 9.17) is 5.26 Å². The Morgan fingerprint density at radius 1 is 1.41 bits per heavy atom. The van der Waals surface area contributed by atoms with Crippen molar-refractivity contribution in [3.63, 3.8) is 0 Å². The fourth-order valence-electron chi connectivity index (χ4n) is 1.60. The maximum atomic E-state index is 11.7. The highest BCUT2D eigenvalue weighted by Gasteiger charge is 2.15. The number of nitrogens with zero attached hydrogens (tertiary/aromatic N) is 1. The average Bonchev–Trinajstić information content (AvgIpc) is 2.52. The predicted molar refractivity (Wildman–Crippen MR) is 78.3 cm³/mol. The topological polar surface area (TPSA) is 111 Å². The maximum absolute atomic E-state index is 11.7. The molecule has 0 heterocycles. The number of carbonyl (C=O) groups excluding carboxylic acids is 2. The highest BCUT2D eigenvalue weighted by molar-refractivity contribution is 6.04. The summed E-state index contributed by atoms with van der Waals surface area (Å²) in [6, 6.07) is 10.3. The van der Waals surface area contributed by atoms with Crippen molar-refractivity contribution in [1.82, 2.24) is 10.6 Å². The Morgan fingerprint density at radius 2 is 2.09 bits per heavy atom. The number of ether oxygens (including phenoxy) is 1. The molecular weight excluding hydrogens is 286 g/mol. The van der Waals surface area contributed by atoms with Gasteiger partial charge >= 0.3 is 6.09 Å². The number of nitrogens with one attached hydrogen (secondary N) is 2. The molecule has 22 heavy (non-hydrogen) atoms. The van der Waals surface area contributed by atoms with Crippen molar-refractivity contribution in [1.29, 1.82) is 5.26 Å². The SMILES string of the molecule is CCOC(=O)NC(=O)/C(C#N)=C/N[C@H](CO)c1ccccc1. The highest BCUT2D eigenvalue weighted by atomic mass is 16.5. The van der Waals surface area contributed by atoms with E-state index < -0.39 is 18.0 Å². The summed E-state index contributed by atoms with van der Waals surface area (Å²) in [7, 11) is 0. The van der Waals surface area contributed by atoms with E-state index in [1.807, 2.05) is 23.5 Å². The summed E-state index contributed by atoms with van der Waals surface area (Å²) in [4.78, 5) is 22.8. The van der Waals surface area contributed by atoms with Gasteiger partial charge in [-0.3, -0.25) is 10.1 Å². The van der Waals surface area contributed by atoms with Crippen LogP contribution in [0.5, 0.6) is 0 Å². The monoisotopic (exact) mass is 303 g/mol. The fraction of sp³-hybridized carbons (Fsp3) is 0.267. The third kappa shape index (κ3) is 5.26. The fourth-order valence-corrected chi connectivity index (χ4v) is 1.60. The first-order valence-electron chi connectivity index (χ1n) is 6.62. The number of imide groups is 1. The molecule has 0 spiro atoms. The van der Waals surface area contributed by atoms with Crippen LogP contribution in [0.15, 0.2) is 42.1 Å². The zero-order valence-corrected chi connectivity index (χ0v) is 12.1. The van der Waals surface area contributed by atoms with Crippen LogP contribution in [0.4, 0.5) is 4.79 Å². The molecule has 0 saturated heterocycles. The van der Waals surface area contributed by atoms with Crippen LogP contribution in [0.1, 0.15) is 18.5 Å². The molecule has 0 fully saturated rings. The quantitative estimate of drug-likeness (QED) is 0.534. The molecule has 1 rings (SSSR count). The van der Waals surface area contributed by atoms with Crippen LogP contribution in [0, 0.1) is 11.3 Å². The van der Waals surface area contributed by atoms with Gasteiger partial charge in [0.25, 0.3) is 5.91 Å². The lowest BCUT2D eigenvalue weighted by atomic mass is 10.1. The largest absolute Gasteiger partial charge is 0.450 e. The van der Waals surface area contributed by atoms with Gasteiger partial charge in [-0.2, -0.15) is 5.26 Å². The van der Waals surface area contributed by atoms with Gasteiger partial charge in [-0.25, -0.2) is 4.79 Å². The molecular formula is C15H17N3O4. The molecule has 1 aromatic rings. The zero-order chi connectivity index (χ0) is 16.4. The van der Waals surface area contributed by atoms with E-state index in [2.05, 4.69) is 10.1 Å². The van der Waals surface area contributed by atoms with Gasteiger partial charge < -0.3 is 15.2 Å². The molecule has 0 aromatic heterocycles. The molecule has 0 aliphatic carbocycles. The molecule has 0 radical (unpaired) electrons. The number of amides is 2. The lowest BCUT2D eigenvalue weighted by molar-refractivity contribution is -0.116. The van der Waals surface area contributed by atoms with Crippen LogP contribution in [0.3, 0.4) is 0 Å². The number of aliphatic hydroxyl groups is 1. The predicted octanol–water partition coefficient (Wildman–Crippen LogP) is 0.990. The first-order valence-corrected chi connectivity index (χ1v) is 6.62. The summed E-state index contributed by atoms with van der Waals surface area (Å²) in [5.74, 6) is -0.877. The minimum absolute atomic E-state index is 0.115. The minimum Gasteiger partial charge on any atom is -0.450 e. The van der Waals surface area contributed by atoms with E-state index in [1.54, 1.807) is 25.1 Å². The van der Waals surface area contributed by atoms with Crippen molar-refractivity contribution >= 4 is 12.0 Å². The second kappa shape index (κ2) is 9.15. The van der Waals surface area contributed by atoms with Crippen LogP contribution in [-0.4, -0.2) is 30.3 Å². The molecule has 0 aliphatic rings. The lowest BCUT2D eigenvalue weighted by Gasteiger charge is -2.15. The summed E-state index contributed by atoms with van der Waals surface area (Å²) in [6.45, 7) is 1.49. The number of hydrogen-bond acceptors (Lipinski definition) is 6. The van der Waals surface area contributed by atoms with Crippen molar-refractivity contribution in [3.8, 4) is 6.07 Å². The second-order valence-corrected chi connectivity index (χ2v) is 4.16. The molecule has 3 N–H and O–H groups in total. The van der Waals surface area contributed by atoms with Crippen LogP contribution in [0.2, 0.25) is 0 Å². The molecule has 0 saturated carbocycles. The molecule has 7 heteroatoms. The number of rotatable bonds is 6. The van der Waals surface area contributed by atoms with Gasteiger partial charge in [-0.15, -0.1) is 0 Å². The Hall–Kier alpha value is -2.85. The Morgan fingerprint density at radius 3 is 2.64 bits per heavy atom. The Labute approximate surface area is 128 Å². The smallest absolute Gasteiger partial charge is 0.414 e. The van der Waals surface area contributed by atoms with Crippen molar-refractivity contribution < 1.29 is 19.4 Å². The first kappa shape index (κ1) is 17.2. The van der Waals surface area contributed by atoms with Gasteiger partial charge in [0.2, 0.25) is 0 Å². The van der Waals surface area contributed by atoms with E-state index in [0.717, 1.165) is 11.8 Å². The van der Waals surface area contributed by atoms with E-state index >= 15 is 0 Å². The van der Waals surface area contributed by atoms with E-state index in [0.29, 0.717) is 0 Å². The summed E-state index contributed by atoms with van der Waals surface area (Å²) in [6.07, 6.45) is 0.234. The molecule has 1 atom stereocenters. The van der Waals surface area contributed by atoms with Crippen LogP contribution in [-0.2, 0) is 9.53 Å². The highest BCUT2D eigenvalue weighted by Crippen LogP contribution is 2.11. The molecule has 2 amide bonds. The summed E-state index contributed by atoms with van der Waals surface area (Å²) in [5.41, 5.74) is 0.492. The molecule has 1 aromatic carbocycles. The second-order valence-electron chi connectivity index (χ2n) is 4.16. The number of nitriles is 1. The third-order valence-electron chi connectivity index (χ3n) is 2.67. The van der Waals surface area contributed by atoms with E-state index in [-0.39, 0.29) is 18.8 Å². The number of carbonyl (C=O) groups is 2. The van der Waals surface area contributed by atoms with Gasteiger partial charge in [-0.1, -0.05) is 30.3 Å². The molecule has 0 bridgehead atoms. The van der Waals surface area contributed by atoms with Crippen LogP contribution in [0.25, 0.3) is 0 Å². The molecule has 7 nitrogen and oxygen atoms in total. The number of hydrogen-bond donors (Lipinski definition) is 3. The maximum Gasteiger partial charge on any atom is 0.414 e. The zero-order valence-electron chi connectivity index (χ0n) is 12.1. The van der Waals surface area contributed by atoms with Gasteiger partial charge in [0.1, 0.15) is 11.6 Å². The van der Waals surface area contributed by atoms with Gasteiger partial charge in [0.05, 0.1) is 19.3 Å². The molecule has 0 unspecified atom stereocenters.